The van der Waals surface area contributed by atoms with E-state index in [1.165, 1.54) is 18.9 Å². The van der Waals surface area contributed by atoms with Crippen molar-refractivity contribution in [3.05, 3.63) is 0 Å². The van der Waals surface area contributed by atoms with Gasteiger partial charge in [-0.1, -0.05) is 0 Å². The number of nitrogens with zero attached hydrogens (tertiary/aromatic N) is 2. The van der Waals surface area contributed by atoms with Crippen molar-refractivity contribution in [1.82, 2.24) is 52.3 Å². The second kappa shape index (κ2) is 22.3. The number of primary amides is 1. The number of nitrogens with two attached hydrogens (primary N) is 1. The van der Waals surface area contributed by atoms with Gasteiger partial charge in [-0.2, -0.15) is 0 Å². The molecule has 2 saturated heterocycles. The SMILES string of the molecule is CC(NC(=O)CNC(=O)CNC(=O)CNC(=O)C(CCC(N)=O)NC(=O)CNC(=O)C1C[C@@H](O)CN1)C(=O)N(C)CC(=O)N1CCCC1C(=O)NCC(=O)O. The van der Waals surface area contributed by atoms with Gasteiger partial charge >= 0.3 is 5.97 Å². The lowest BCUT2D eigenvalue weighted by Gasteiger charge is -2.27. The molecule has 24 heteroatoms. The van der Waals surface area contributed by atoms with Gasteiger partial charge in [0.2, 0.25) is 59.1 Å². The van der Waals surface area contributed by atoms with E-state index >= 15 is 0 Å². The van der Waals surface area contributed by atoms with E-state index in [0.717, 1.165) is 4.90 Å². The van der Waals surface area contributed by atoms with Gasteiger partial charge in [0, 0.05) is 26.6 Å². The fourth-order valence-corrected chi connectivity index (χ4v) is 5.46. The number of aliphatic hydroxyl groups excluding tert-OH is 1. The monoisotopic (exact) mass is 783 g/mol. The molecule has 0 aliphatic carbocycles. The summed E-state index contributed by atoms with van der Waals surface area (Å²) in [6, 6.07) is -4.01. The molecule has 0 aromatic rings. The molecule has 12 N–H and O–H groups in total. The number of rotatable bonds is 21. The number of carboxylic acid groups (broad SMARTS) is 1. The number of hydrogen-bond donors (Lipinski definition) is 11. The molecule has 2 heterocycles. The number of hydrogen-bond acceptors (Lipinski definition) is 13. The van der Waals surface area contributed by atoms with Crippen molar-refractivity contribution in [3.8, 4) is 0 Å². The minimum Gasteiger partial charge on any atom is -0.480 e. The maximum Gasteiger partial charge on any atom is 0.322 e. The van der Waals surface area contributed by atoms with Crippen molar-refractivity contribution < 1.29 is 63.0 Å². The second-order valence-electron chi connectivity index (χ2n) is 12.8. The third-order valence-corrected chi connectivity index (χ3v) is 8.28. The molecule has 24 nitrogen and oxygen atoms in total. The average molecular weight is 784 g/mol. The molecule has 0 aromatic heterocycles. The topological polar surface area (TPSA) is 357 Å². The van der Waals surface area contributed by atoms with Gasteiger partial charge in [0.25, 0.3) is 0 Å². The summed E-state index contributed by atoms with van der Waals surface area (Å²) >= 11 is 0. The van der Waals surface area contributed by atoms with E-state index in [9.17, 15) is 57.8 Å². The van der Waals surface area contributed by atoms with Crippen LogP contribution in [0.5, 0.6) is 0 Å². The number of carbonyl (C=O) groups excluding carboxylic acids is 10. The highest BCUT2D eigenvalue weighted by Gasteiger charge is 2.35. The van der Waals surface area contributed by atoms with Crippen LogP contribution in [-0.2, 0) is 52.7 Å². The lowest BCUT2D eigenvalue weighted by atomic mass is 10.1. The minimum absolute atomic E-state index is 0.161. The van der Waals surface area contributed by atoms with E-state index in [1.807, 2.05) is 0 Å². The minimum atomic E-state index is -1.31. The smallest absolute Gasteiger partial charge is 0.322 e. The van der Waals surface area contributed by atoms with Crippen molar-refractivity contribution in [3.63, 3.8) is 0 Å². The lowest BCUT2D eigenvalue weighted by Crippen LogP contribution is -2.53. The molecule has 4 unspecified atom stereocenters. The molecule has 5 atom stereocenters. The highest BCUT2D eigenvalue weighted by Crippen LogP contribution is 2.18. The third kappa shape index (κ3) is 16.3. The van der Waals surface area contributed by atoms with E-state index in [2.05, 4.69) is 42.5 Å². The summed E-state index contributed by atoms with van der Waals surface area (Å²) in [4.78, 5) is 136. The van der Waals surface area contributed by atoms with Crippen LogP contribution in [0.3, 0.4) is 0 Å². The maximum atomic E-state index is 12.8. The summed E-state index contributed by atoms with van der Waals surface area (Å²) in [5.41, 5.74) is 5.15. The molecule has 0 aromatic carbocycles. The van der Waals surface area contributed by atoms with Crippen LogP contribution in [0.25, 0.3) is 0 Å². The molecule has 2 rings (SSSR count). The fourth-order valence-electron chi connectivity index (χ4n) is 5.46. The summed E-state index contributed by atoms with van der Waals surface area (Å²) < 4.78 is 0. The molecule has 55 heavy (non-hydrogen) atoms. The van der Waals surface area contributed by atoms with E-state index in [4.69, 9.17) is 10.8 Å². The molecule has 2 aliphatic heterocycles. The van der Waals surface area contributed by atoms with Crippen molar-refractivity contribution in [2.45, 2.75) is 69.3 Å². The van der Waals surface area contributed by atoms with Crippen molar-refractivity contribution in [2.75, 3.05) is 59.4 Å². The van der Waals surface area contributed by atoms with Gasteiger partial charge in [-0.15, -0.1) is 0 Å². The normalized spacial score (nSPS) is 18.5. The molecule has 306 valence electrons. The Kier molecular flexibility index (Phi) is 18.4. The van der Waals surface area contributed by atoms with Crippen LogP contribution in [0.15, 0.2) is 0 Å². The Labute approximate surface area is 314 Å². The van der Waals surface area contributed by atoms with Crippen LogP contribution in [0, 0.1) is 0 Å². The van der Waals surface area contributed by atoms with Crippen LogP contribution in [0.4, 0.5) is 0 Å². The van der Waals surface area contributed by atoms with Gasteiger partial charge in [-0.05, 0) is 32.6 Å². The average Bonchev–Trinajstić information content (AvgIpc) is 3.81. The zero-order valence-corrected chi connectivity index (χ0v) is 30.4. The number of likely N-dealkylation sites (tertiary alicyclic amines) is 1. The van der Waals surface area contributed by atoms with Crippen molar-refractivity contribution >= 4 is 65.0 Å². The largest absolute Gasteiger partial charge is 0.480 e. The molecule has 2 aliphatic rings. The zero-order valence-electron chi connectivity index (χ0n) is 30.4. The Morgan fingerprint density at radius 2 is 1.40 bits per heavy atom. The van der Waals surface area contributed by atoms with Gasteiger partial charge in [-0.3, -0.25) is 52.7 Å². The van der Waals surface area contributed by atoms with Crippen LogP contribution in [0.2, 0.25) is 0 Å². The number of likely N-dealkylation sites (N-methyl/N-ethyl adjacent to an activating group) is 1. The summed E-state index contributed by atoms with van der Waals surface area (Å²) in [5, 5.41) is 37.1. The fraction of sp³-hybridized carbons (Fsp3) is 0.645. The van der Waals surface area contributed by atoms with Gasteiger partial charge in [0.1, 0.15) is 24.7 Å². The van der Waals surface area contributed by atoms with E-state index in [1.54, 1.807) is 0 Å². The summed E-state index contributed by atoms with van der Waals surface area (Å²) in [7, 11) is 1.31. The molecule has 0 bridgehead atoms. The summed E-state index contributed by atoms with van der Waals surface area (Å²) in [5.74, 6) is -8.43. The summed E-state index contributed by atoms with van der Waals surface area (Å²) in [6.07, 6.45) is -0.227. The molecule has 2 fully saturated rings. The first-order valence-corrected chi connectivity index (χ1v) is 17.3. The van der Waals surface area contributed by atoms with Gasteiger partial charge in [-0.25, -0.2) is 0 Å². The molecule has 0 radical (unpaired) electrons. The van der Waals surface area contributed by atoms with Crippen molar-refractivity contribution in [2.24, 2.45) is 5.73 Å². The van der Waals surface area contributed by atoms with Crippen LogP contribution in [-0.4, -0.2) is 175 Å². The molecule has 10 amide bonds. The van der Waals surface area contributed by atoms with E-state index in [0.29, 0.717) is 12.8 Å². The maximum absolute atomic E-state index is 12.8. The van der Waals surface area contributed by atoms with Crippen LogP contribution >= 0.6 is 0 Å². The van der Waals surface area contributed by atoms with Crippen LogP contribution in [0.1, 0.15) is 39.0 Å². The van der Waals surface area contributed by atoms with E-state index in [-0.39, 0.29) is 32.4 Å². The molecular formula is C31H49N11O13. The molecule has 0 spiro atoms. The first-order chi connectivity index (χ1) is 25.9. The summed E-state index contributed by atoms with van der Waals surface area (Å²) in [6.45, 7) is -1.59. The number of carbonyl (C=O) groups is 11. The first-order valence-electron chi connectivity index (χ1n) is 17.3. The number of β-amino-alcohol motifs (C(OH)–C–C–N with tert-alkyl or cyclic N) is 1. The number of nitrogens with one attached hydrogen (secondary N) is 8. The third-order valence-electron chi connectivity index (χ3n) is 8.28. The highest BCUT2D eigenvalue weighted by molar-refractivity contribution is 5.95. The van der Waals surface area contributed by atoms with E-state index < -0.39 is 135 Å². The van der Waals surface area contributed by atoms with Gasteiger partial charge in [0.15, 0.2) is 0 Å². The lowest BCUT2D eigenvalue weighted by molar-refractivity contribution is -0.144. The second-order valence-corrected chi connectivity index (χ2v) is 12.8. The molecule has 0 saturated carbocycles. The quantitative estimate of drug-likeness (QED) is 0.0515. The predicted molar refractivity (Wildman–Crippen MR) is 185 cm³/mol. The van der Waals surface area contributed by atoms with Crippen molar-refractivity contribution in [1.29, 1.82) is 0 Å². The Balaban J connectivity index is 1.71. The zero-order chi connectivity index (χ0) is 41.2. The first kappa shape index (κ1) is 45.2. The number of aliphatic hydroxyl groups is 1. The Morgan fingerprint density at radius 3 is 2.00 bits per heavy atom. The Bertz CT molecular complexity index is 1490. The highest BCUT2D eigenvalue weighted by atomic mass is 16.4. The van der Waals surface area contributed by atoms with Gasteiger partial charge < -0.3 is 68.3 Å². The number of carboxylic acids is 1. The Hall–Kier alpha value is -5.91. The molecular weight excluding hydrogens is 734 g/mol. The Morgan fingerprint density at radius 1 is 0.818 bits per heavy atom. The number of aliphatic carboxylic acids is 1. The number of amides is 10. The predicted octanol–water partition coefficient (Wildman–Crippen LogP) is -7.92. The van der Waals surface area contributed by atoms with Gasteiger partial charge in [0.05, 0.1) is 44.9 Å². The van der Waals surface area contributed by atoms with Crippen LogP contribution < -0.4 is 48.3 Å². The standard InChI is InChI=1S/C31H49N11O13/c1-16(31(55)41(2)15-26(49)42-7-3-4-20(42)30(54)38-14-27(50)51)39-24(47)12-35-22(45)10-34-23(46)11-36-28(52)18(5-6-21(32)44)40-25(48)13-37-29(53)19-8-17(43)9-33-19/h16-20,33,43H,3-15H2,1-2H3,(H2,32,44)(H,34,46)(H,35,45)(H,36,52)(H,37,53)(H,38,54)(H,39,47)(H,40,48)(H,50,51)/t16?,17-,18?,19?,20?/m1/s1.